The van der Waals surface area contributed by atoms with Crippen molar-refractivity contribution >= 4 is 50.8 Å². The summed E-state index contributed by atoms with van der Waals surface area (Å²) < 4.78 is 69.4. The second-order valence-electron chi connectivity index (χ2n) is 11.8. The number of alkyl halides is 2. The maximum absolute atomic E-state index is 14.5. The molecule has 4 aromatic rings. The minimum atomic E-state index is -4.08. The highest BCUT2D eigenvalue weighted by atomic mass is 35.5. The molecule has 0 radical (unpaired) electrons. The highest BCUT2D eigenvalue weighted by Crippen LogP contribution is 2.39. The normalized spacial score (nSPS) is 21.5. The lowest BCUT2D eigenvalue weighted by Crippen LogP contribution is -2.68. The number of aromatic nitrogens is 3. The lowest BCUT2D eigenvalue weighted by Gasteiger charge is -2.46. The number of nitrogens with zero attached hydrogens (tertiary/aromatic N) is 3. The third kappa shape index (κ3) is 8.68. The molecule has 1 amide bonds. The summed E-state index contributed by atoms with van der Waals surface area (Å²) in [4.78, 5) is 24.2. The second-order valence-corrected chi connectivity index (χ2v) is 14.3. The molecule has 2 heterocycles. The van der Waals surface area contributed by atoms with E-state index < -0.39 is 88.9 Å². The number of rotatable bonds is 13. The van der Waals surface area contributed by atoms with E-state index in [-0.39, 0.29) is 32.0 Å². The number of benzene rings is 3. The van der Waals surface area contributed by atoms with Gasteiger partial charge >= 0.3 is 11.8 Å². The number of carbonyl (C=O) groups excluding carboxylic acids is 1. The van der Waals surface area contributed by atoms with Gasteiger partial charge < -0.3 is 40.3 Å². The number of halogens is 4. The summed E-state index contributed by atoms with van der Waals surface area (Å²) in [6.07, 6.45) is -10.5. The first kappa shape index (κ1) is 39.7. The van der Waals surface area contributed by atoms with E-state index in [1.165, 1.54) is 48.7 Å². The summed E-state index contributed by atoms with van der Waals surface area (Å²) in [5.41, 5.74) is -0.0830. The predicted octanol–water partition coefficient (Wildman–Crippen LogP) is 2.51. The summed E-state index contributed by atoms with van der Waals surface area (Å²) in [6.45, 7) is 0.0427. The van der Waals surface area contributed by atoms with Gasteiger partial charge in [0.2, 0.25) is 5.91 Å². The highest BCUT2D eigenvalue weighted by molar-refractivity contribution is 7.92. The first-order valence-electron chi connectivity index (χ1n) is 15.4. The molecule has 0 unspecified atom stereocenters. The molecule has 1 aliphatic heterocycles. The Morgan fingerprint density at radius 1 is 1.11 bits per heavy atom. The van der Waals surface area contributed by atoms with Crippen LogP contribution in [-0.2, 0) is 24.3 Å². The largest absolute Gasteiger partial charge is 0.476 e. The van der Waals surface area contributed by atoms with Crippen molar-refractivity contribution in [2.45, 2.75) is 60.9 Å². The van der Waals surface area contributed by atoms with Gasteiger partial charge in [0.05, 0.1) is 57.6 Å². The number of aliphatic carboxylic acids is 1. The molecule has 1 aromatic heterocycles. The fourth-order valence-corrected chi connectivity index (χ4v) is 6.91. The minimum Gasteiger partial charge on any atom is -0.476 e. The molecule has 3 aromatic carbocycles. The Morgan fingerprint density at radius 2 is 1.85 bits per heavy atom. The number of carboxylic acids is 1. The highest BCUT2D eigenvalue weighted by Gasteiger charge is 2.57. The monoisotopic (exact) mass is 801 g/mol. The van der Waals surface area contributed by atoms with Crippen LogP contribution in [0.1, 0.15) is 25.3 Å². The molecule has 0 spiro atoms. The smallest absolute Gasteiger partial charge is 0.377 e. The van der Waals surface area contributed by atoms with Gasteiger partial charge in [0.15, 0.2) is 0 Å². The molecular formula is C32H31Cl2F2N5O11S. The van der Waals surface area contributed by atoms with Gasteiger partial charge in [-0.25, -0.2) is 26.7 Å². The zero-order chi connectivity index (χ0) is 38.8. The van der Waals surface area contributed by atoms with Crippen LogP contribution in [0.4, 0.5) is 14.5 Å². The number of anilines is 1. The summed E-state index contributed by atoms with van der Waals surface area (Å²) in [5, 5.41) is 61.6. The van der Waals surface area contributed by atoms with E-state index in [1.54, 1.807) is 6.07 Å². The molecule has 53 heavy (non-hydrogen) atoms. The third-order valence-corrected chi connectivity index (χ3v) is 10.2. The van der Waals surface area contributed by atoms with Crippen molar-refractivity contribution in [3.8, 4) is 22.7 Å². The number of aliphatic hydroxyl groups excluding tert-OH is 4. The Bertz CT molecular complexity index is 2110. The summed E-state index contributed by atoms with van der Waals surface area (Å²) >= 11 is 11.9. The molecule has 1 saturated heterocycles. The van der Waals surface area contributed by atoms with Gasteiger partial charge in [0.1, 0.15) is 29.8 Å². The van der Waals surface area contributed by atoms with Gasteiger partial charge in [-0.15, -0.1) is 5.10 Å². The first-order chi connectivity index (χ1) is 24.9. The molecule has 21 heteroatoms. The zero-order valence-electron chi connectivity index (χ0n) is 27.2. The Balaban J connectivity index is 1.42. The van der Waals surface area contributed by atoms with Gasteiger partial charge in [0, 0.05) is 18.2 Å². The van der Waals surface area contributed by atoms with Gasteiger partial charge in [0.25, 0.3) is 16.4 Å². The molecule has 5 rings (SSSR count). The maximum Gasteiger partial charge on any atom is 0.377 e. The number of sulfonamides is 1. The Labute approximate surface area is 309 Å². The van der Waals surface area contributed by atoms with E-state index in [1.807, 2.05) is 0 Å². The summed E-state index contributed by atoms with van der Waals surface area (Å²) in [5.74, 6) is -6.25. The fourth-order valence-electron chi connectivity index (χ4n) is 5.47. The van der Waals surface area contributed by atoms with Crippen LogP contribution in [0.5, 0.6) is 5.75 Å². The number of aliphatic hydroxyl groups is 4. The minimum absolute atomic E-state index is 0.0157. The van der Waals surface area contributed by atoms with Crippen LogP contribution in [-0.4, -0.2) is 104 Å². The number of nitrogens with one attached hydrogen (secondary N) is 2. The van der Waals surface area contributed by atoms with Gasteiger partial charge in [-0.1, -0.05) is 40.5 Å². The molecule has 284 valence electrons. The van der Waals surface area contributed by atoms with Crippen molar-refractivity contribution in [3.63, 3.8) is 0 Å². The van der Waals surface area contributed by atoms with Crippen LogP contribution < -0.4 is 14.8 Å². The van der Waals surface area contributed by atoms with Crippen molar-refractivity contribution < 1.29 is 61.8 Å². The topological polar surface area (TPSA) is 243 Å². The second kappa shape index (κ2) is 15.9. The van der Waals surface area contributed by atoms with Crippen LogP contribution in [0.15, 0.2) is 71.8 Å². The van der Waals surface area contributed by atoms with Crippen molar-refractivity contribution in [1.29, 1.82) is 0 Å². The van der Waals surface area contributed by atoms with Crippen LogP contribution in [0, 0.1) is 0 Å². The van der Waals surface area contributed by atoms with E-state index in [4.69, 9.17) is 32.7 Å². The Hall–Kier alpha value is -4.47. The fraction of sp³-hybridized carbons (Fsp3) is 0.312. The third-order valence-electron chi connectivity index (χ3n) is 8.06. The average Bonchev–Trinajstić information content (AvgIpc) is 3.60. The predicted molar refractivity (Wildman–Crippen MR) is 182 cm³/mol. The van der Waals surface area contributed by atoms with Gasteiger partial charge in [-0.3, -0.25) is 9.52 Å². The first-order valence-corrected chi connectivity index (χ1v) is 17.6. The van der Waals surface area contributed by atoms with Crippen LogP contribution in [0.2, 0.25) is 10.0 Å². The number of carbonyl (C=O) groups is 2. The number of amides is 1. The number of hydrogen-bond donors (Lipinski definition) is 7. The number of ether oxygens (including phenoxy) is 2. The van der Waals surface area contributed by atoms with Gasteiger partial charge in [-0.2, -0.15) is 0 Å². The van der Waals surface area contributed by atoms with E-state index in [0.717, 1.165) is 23.7 Å². The lowest BCUT2D eigenvalue weighted by atomic mass is 9.88. The van der Waals surface area contributed by atoms with Crippen LogP contribution in [0.3, 0.4) is 0 Å². The number of carboxylic acid groups (broad SMARTS) is 1. The van der Waals surface area contributed by atoms with Crippen molar-refractivity contribution in [2.75, 3.05) is 11.3 Å². The molecule has 6 atom stereocenters. The maximum atomic E-state index is 14.5. The molecule has 16 nitrogen and oxygen atoms in total. The van der Waals surface area contributed by atoms with Crippen molar-refractivity contribution in [1.82, 2.24) is 20.3 Å². The SMILES string of the molecule is CC(=O)N[C@H]1[C@H]([C@H](O)[C@H](O)CO)O[C@@](Oc2ccc(-n3cc(-c4cccc(NS(=O)(=O)c5ccc(Cl)c(Cl)c5)c4)nn3)cc2C(F)F)(C(=O)O)C[C@@H]1O. The van der Waals surface area contributed by atoms with Crippen molar-refractivity contribution in [3.05, 3.63) is 82.5 Å². The zero-order valence-corrected chi connectivity index (χ0v) is 29.5. The van der Waals surface area contributed by atoms with E-state index in [9.17, 15) is 52.3 Å². The quantitative estimate of drug-likeness (QED) is 0.103. The van der Waals surface area contributed by atoms with Crippen molar-refractivity contribution in [2.24, 2.45) is 0 Å². The summed E-state index contributed by atoms with van der Waals surface area (Å²) in [6, 6.07) is 11.5. The van der Waals surface area contributed by atoms with Crippen LogP contribution in [0.25, 0.3) is 16.9 Å². The Morgan fingerprint density at radius 3 is 2.49 bits per heavy atom. The molecule has 1 aliphatic rings. The Kier molecular flexibility index (Phi) is 11.9. The molecule has 1 fully saturated rings. The lowest BCUT2D eigenvalue weighted by molar-refractivity contribution is -0.284. The molecular weight excluding hydrogens is 771 g/mol. The van der Waals surface area contributed by atoms with Crippen LogP contribution >= 0.6 is 23.2 Å². The van der Waals surface area contributed by atoms with E-state index in [2.05, 4.69) is 20.4 Å². The van der Waals surface area contributed by atoms with E-state index in [0.29, 0.717) is 5.56 Å². The standard InChI is InChI=1S/C32H31Cl2F2N5O11S/c1-15(43)37-27-24(44)12-32(31(47)48,52-29(27)28(46)25(45)14-42)51-26-8-5-18(10-20(26)30(35)36)41-13-23(38-40-41)16-3-2-4-17(9-16)39-53(49,50)19-6-7-21(33)22(34)11-19/h2-11,13,24-25,27-30,39,42,44-46H,12,14H2,1H3,(H,37,43)(H,47,48)/t24-,25+,27+,28+,29+,32+/m0/s1. The summed E-state index contributed by atoms with van der Waals surface area (Å²) in [7, 11) is -4.08. The molecule has 0 bridgehead atoms. The average molecular weight is 803 g/mol. The molecule has 0 aliphatic carbocycles. The molecule has 7 N–H and O–H groups in total. The van der Waals surface area contributed by atoms with E-state index >= 15 is 0 Å². The van der Waals surface area contributed by atoms with Gasteiger partial charge in [-0.05, 0) is 48.5 Å². The number of hydrogen-bond acceptors (Lipinski definition) is 12. The molecule has 0 saturated carbocycles.